The Morgan fingerprint density at radius 1 is 1.41 bits per heavy atom. The summed E-state index contributed by atoms with van der Waals surface area (Å²) in [6.45, 7) is 8.21. The molecule has 17 heavy (non-hydrogen) atoms. The van der Waals surface area contributed by atoms with Gasteiger partial charge in [-0.3, -0.25) is 0 Å². The number of hydrogen-bond donors (Lipinski definition) is 0. The Morgan fingerprint density at radius 3 is 2.71 bits per heavy atom. The second kappa shape index (κ2) is 3.85. The van der Waals surface area contributed by atoms with Gasteiger partial charge in [-0.25, -0.2) is 9.50 Å². The third-order valence-corrected chi connectivity index (χ3v) is 2.80. The molecule has 0 fully saturated rings. The van der Waals surface area contributed by atoms with Crippen molar-refractivity contribution in [1.29, 1.82) is 5.26 Å². The molecule has 4 heteroatoms. The van der Waals surface area contributed by atoms with Crippen molar-refractivity contribution in [2.75, 3.05) is 0 Å². The average molecular weight is 228 g/mol. The van der Waals surface area contributed by atoms with Crippen LogP contribution in [0.5, 0.6) is 0 Å². The quantitative estimate of drug-likeness (QED) is 0.754. The molecule has 88 valence electrons. The highest BCUT2D eigenvalue weighted by Gasteiger charge is 2.18. The van der Waals surface area contributed by atoms with E-state index in [1.807, 2.05) is 19.2 Å². The van der Waals surface area contributed by atoms with Crippen molar-refractivity contribution in [3.8, 4) is 6.07 Å². The first-order chi connectivity index (χ1) is 7.91. The molecule has 0 saturated heterocycles. The van der Waals surface area contributed by atoms with Gasteiger partial charge in [-0.15, -0.1) is 0 Å². The summed E-state index contributed by atoms with van der Waals surface area (Å²) in [6, 6.07) is 4.19. The van der Waals surface area contributed by atoms with Crippen LogP contribution in [0.4, 0.5) is 0 Å². The monoisotopic (exact) mass is 228 g/mol. The number of hydrogen-bond acceptors (Lipinski definition) is 3. The molecule has 1 atom stereocenters. The molecule has 2 aromatic rings. The van der Waals surface area contributed by atoms with Crippen molar-refractivity contribution in [2.24, 2.45) is 0 Å². The van der Waals surface area contributed by atoms with Crippen molar-refractivity contribution in [3.63, 3.8) is 0 Å². The van der Waals surface area contributed by atoms with Crippen molar-refractivity contribution in [3.05, 3.63) is 29.7 Å². The fourth-order valence-corrected chi connectivity index (χ4v) is 1.56. The van der Waals surface area contributed by atoms with Crippen molar-refractivity contribution in [2.45, 2.75) is 39.0 Å². The van der Waals surface area contributed by atoms with Crippen LogP contribution in [0, 0.1) is 11.3 Å². The highest BCUT2D eigenvalue weighted by Crippen LogP contribution is 2.22. The Kier molecular flexibility index (Phi) is 2.62. The van der Waals surface area contributed by atoms with E-state index in [1.54, 1.807) is 10.7 Å². The van der Waals surface area contributed by atoms with E-state index < -0.39 is 0 Å². The second-order valence-corrected chi connectivity index (χ2v) is 5.32. The Morgan fingerprint density at radius 2 is 2.12 bits per heavy atom. The van der Waals surface area contributed by atoms with E-state index in [0.717, 1.165) is 16.9 Å². The Balaban J connectivity index is 2.53. The minimum Gasteiger partial charge on any atom is -0.237 e. The Bertz CT molecular complexity index is 583. The van der Waals surface area contributed by atoms with Crippen molar-refractivity contribution < 1.29 is 0 Å². The van der Waals surface area contributed by atoms with Crippen LogP contribution >= 0.6 is 0 Å². The van der Waals surface area contributed by atoms with Gasteiger partial charge in [-0.1, -0.05) is 20.8 Å². The maximum Gasteiger partial charge on any atom is 0.155 e. The van der Waals surface area contributed by atoms with Crippen LogP contribution in [0.25, 0.3) is 5.65 Å². The molecule has 0 amide bonds. The third kappa shape index (κ3) is 2.14. The maximum absolute atomic E-state index is 8.89. The van der Waals surface area contributed by atoms with Gasteiger partial charge in [0.15, 0.2) is 5.65 Å². The first-order valence-electron chi connectivity index (χ1n) is 5.67. The Labute approximate surface area is 101 Å². The lowest BCUT2D eigenvalue weighted by molar-refractivity contribution is 0.562. The number of nitrogens with zero attached hydrogens (tertiary/aromatic N) is 4. The number of rotatable bonds is 1. The molecule has 0 aliphatic carbocycles. The fraction of sp³-hybridized carbons (Fsp3) is 0.462. The molecule has 2 heterocycles. The summed E-state index contributed by atoms with van der Waals surface area (Å²) in [6.07, 6.45) is 3.63. The molecule has 0 N–H and O–H groups in total. The summed E-state index contributed by atoms with van der Waals surface area (Å²) in [5, 5.41) is 13.4. The first kappa shape index (κ1) is 11.6. The fourth-order valence-electron chi connectivity index (χ4n) is 1.56. The molecular formula is C13H16N4. The van der Waals surface area contributed by atoms with Gasteiger partial charge in [0.2, 0.25) is 0 Å². The zero-order chi connectivity index (χ0) is 12.6. The van der Waals surface area contributed by atoms with Gasteiger partial charge in [0, 0.05) is 29.4 Å². The highest BCUT2D eigenvalue weighted by atomic mass is 15.2. The van der Waals surface area contributed by atoms with Crippen LogP contribution in [0.1, 0.15) is 44.9 Å². The van der Waals surface area contributed by atoms with E-state index in [9.17, 15) is 0 Å². The van der Waals surface area contributed by atoms with Gasteiger partial charge < -0.3 is 0 Å². The van der Waals surface area contributed by atoms with Gasteiger partial charge >= 0.3 is 0 Å². The van der Waals surface area contributed by atoms with Crippen LogP contribution < -0.4 is 0 Å². The number of aromatic nitrogens is 3. The molecule has 1 unspecified atom stereocenters. The second-order valence-electron chi connectivity index (χ2n) is 5.32. The standard InChI is InChI=1S/C13H16N4/c1-9(6-14)10-7-15-12-5-11(13(2,3)4)16-17(12)8-10/h5,7-9H,1-4H3. The van der Waals surface area contributed by atoms with Gasteiger partial charge in [0.05, 0.1) is 17.7 Å². The molecule has 0 saturated carbocycles. The zero-order valence-corrected chi connectivity index (χ0v) is 10.6. The highest BCUT2D eigenvalue weighted by molar-refractivity contribution is 5.41. The maximum atomic E-state index is 8.89. The summed E-state index contributed by atoms with van der Waals surface area (Å²) in [5.74, 6) is -0.158. The average Bonchev–Trinajstić information content (AvgIpc) is 2.70. The molecule has 2 aromatic heterocycles. The van der Waals surface area contributed by atoms with Gasteiger partial charge in [-0.05, 0) is 6.92 Å². The van der Waals surface area contributed by atoms with Crippen molar-refractivity contribution in [1.82, 2.24) is 14.6 Å². The number of fused-ring (bicyclic) bond motifs is 1. The van der Waals surface area contributed by atoms with Crippen LogP contribution in [0.2, 0.25) is 0 Å². The molecular weight excluding hydrogens is 212 g/mol. The SMILES string of the molecule is CC(C#N)c1cnc2cc(C(C)(C)C)nn2c1. The lowest BCUT2D eigenvalue weighted by atomic mass is 9.93. The van der Waals surface area contributed by atoms with E-state index >= 15 is 0 Å². The largest absolute Gasteiger partial charge is 0.237 e. The van der Waals surface area contributed by atoms with E-state index in [-0.39, 0.29) is 11.3 Å². The summed E-state index contributed by atoms with van der Waals surface area (Å²) < 4.78 is 1.75. The predicted molar refractivity (Wildman–Crippen MR) is 65.7 cm³/mol. The summed E-state index contributed by atoms with van der Waals surface area (Å²) in [4.78, 5) is 4.33. The summed E-state index contributed by atoms with van der Waals surface area (Å²) >= 11 is 0. The van der Waals surface area contributed by atoms with Crippen LogP contribution in [-0.4, -0.2) is 14.6 Å². The smallest absolute Gasteiger partial charge is 0.155 e. The lowest BCUT2D eigenvalue weighted by Crippen LogP contribution is -2.11. The molecule has 0 radical (unpaired) electrons. The molecule has 0 aliphatic heterocycles. The normalized spacial score (nSPS) is 13.6. The van der Waals surface area contributed by atoms with Crippen LogP contribution in [0.15, 0.2) is 18.5 Å². The molecule has 2 rings (SSSR count). The predicted octanol–water partition coefficient (Wildman–Crippen LogP) is 2.65. The van der Waals surface area contributed by atoms with Gasteiger partial charge in [0.25, 0.3) is 0 Å². The molecule has 0 spiro atoms. The van der Waals surface area contributed by atoms with E-state index in [0.29, 0.717) is 0 Å². The first-order valence-corrected chi connectivity index (χ1v) is 5.67. The molecule has 0 aromatic carbocycles. The van der Waals surface area contributed by atoms with E-state index in [2.05, 4.69) is 36.9 Å². The molecule has 4 nitrogen and oxygen atoms in total. The molecule has 0 bridgehead atoms. The lowest BCUT2D eigenvalue weighted by Gasteiger charge is -2.13. The minimum absolute atomic E-state index is 0.00864. The number of nitriles is 1. The van der Waals surface area contributed by atoms with Crippen LogP contribution in [0.3, 0.4) is 0 Å². The van der Waals surface area contributed by atoms with Gasteiger partial charge in [-0.2, -0.15) is 10.4 Å². The Hall–Kier alpha value is -1.89. The van der Waals surface area contributed by atoms with E-state index in [1.165, 1.54) is 0 Å². The topological polar surface area (TPSA) is 54.0 Å². The van der Waals surface area contributed by atoms with Crippen LogP contribution in [-0.2, 0) is 5.41 Å². The summed E-state index contributed by atoms with van der Waals surface area (Å²) in [5.41, 5.74) is 2.73. The minimum atomic E-state index is -0.158. The molecule has 0 aliphatic rings. The van der Waals surface area contributed by atoms with E-state index in [4.69, 9.17) is 5.26 Å². The summed E-state index contributed by atoms with van der Waals surface area (Å²) in [7, 11) is 0. The third-order valence-electron chi connectivity index (χ3n) is 2.80. The van der Waals surface area contributed by atoms with Crippen molar-refractivity contribution >= 4 is 5.65 Å². The van der Waals surface area contributed by atoms with Gasteiger partial charge in [0.1, 0.15) is 0 Å². The zero-order valence-electron chi connectivity index (χ0n) is 10.6.